The van der Waals surface area contributed by atoms with E-state index in [1.807, 2.05) is 0 Å². The van der Waals surface area contributed by atoms with Gasteiger partial charge < -0.3 is 25.8 Å². The van der Waals surface area contributed by atoms with Crippen LogP contribution in [-0.2, 0) is 11.2 Å². The molecule has 3 heterocycles. The molecule has 2 aromatic heterocycles. The molecule has 5 N–H and O–H groups in total. The first-order valence-corrected chi connectivity index (χ1v) is 6.79. The Morgan fingerprint density at radius 2 is 2.14 bits per heavy atom. The van der Waals surface area contributed by atoms with E-state index in [1.54, 1.807) is 10.6 Å². The lowest BCUT2D eigenvalue weighted by molar-refractivity contribution is -0.0521. The van der Waals surface area contributed by atoms with Gasteiger partial charge >= 0.3 is 0 Å². The number of aromatic nitrogens is 4. The Balaban J connectivity index is 2.15. The zero-order valence-corrected chi connectivity index (χ0v) is 11.7. The van der Waals surface area contributed by atoms with E-state index in [4.69, 9.17) is 10.5 Å². The predicted molar refractivity (Wildman–Crippen MR) is 76.6 cm³/mol. The zero-order chi connectivity index (χ0) is 15.9. The molecule has 0 bridgehead atoms. The van der Waals surface area contributed by atoms with Crippen LogP contribution in [0.4, 0.5) is 5.82 Å². The summed E-state index contributed by atoms with van der Waals surface area (Å²) >= 11 is 0. The number of imidazole rings is 1. The summed E-state index contributed by atoms with van der Waals surface area (Å²) in [5, 5.41) is 29.4. The molecular formula is C13H17N5O4. The monoisotopic (exact) mass is 307 g/mol. The third-order valence-electron chi connectivity index (χ3n) is 3.68. The second-order valence-electron chi connectivity index (χ2n) is 5.05. The van der Waals surface area contributed by atoms with Gasteiger partial charge in [-0.25, -0.2) is 15.0 Å². The van der Waals surface area contributed by atoms with Crippen molar-refractivity contribution in [3.05, 3.63) is 24.8 Å². The fraction of sp³-hybridized carbons (Fsp3) is 0.462. The van der Waals surface area contributed by atoms with Crippen LogP contribution in [0, 0.1) is 0 Å². The minimum atomic E-state index is -1.23. The summed E-state index contributed by atoms with van der Waals surface area (Å²) < 4.78 is 7.11. The van der Waals surface area contributed by atoms with Crippen molar-refractivity contribution < 1.29 is 20.1 Å². The average molecular weight is 307 g/mol. The molecule has 0 saturated carbocycles. The minimum Gasteiger partial charge on any atom is -0.394 e. The lowest BCUT2D eigenvalue weighted by Gasteiger charge is -2.19. The van der Waals surface area contributed by atoms with Gasteiger partial charge in [-0.3, -0.25) is 4.57 Å². The standard InChI is InChI=1S/C13H17N5O4/c1-2-3-7-17-8-11(14)15-5-16-12(8)18(7)13-10(21)9(20)6(4-19)22-13/h2,5-6,9-10,13,19-21H,1,3-4H2,(H2,14,15,16). The first-order chi connectivity index (χ1) is 10.6. The number of anilines is 1. The topological polar surface area (TPSA) is 140 Å². The number of aliphatic hydroxyl groups is 3. The number of nitrogens with zero attached hydrogens (tertiary/aromatic N) is 4. The van der Waals surface area contributed by atoms with Crippen molar-refractivity contribution in [2.45, 2.75) is 31.0 Å². The molecular weight excluding hydrogens is 290 g/mol. The van der Waals surface area contributed by atoms with Crippen molar-refractivity contribution >= 4 is 17.0 Å². The van der Waals surface area contributed by atoms with E-state index in [1.165, 1.54) is 6.33 Å². The maximum absolute atomic E-state index is 10.2. The number of ether oxygens (including phenoxy) is 1. The average Bonchev–Trinajstić information content (AvgIpc) is 3.00. The lowest BCUT2D eigenvalue weighted by Crippen LogP contribution is -2.33. The van der Waals surface area contributed by atoms with Gasteiger partial charge in [0.15, 0.2) is 23.2 Å². The second-order valence-corrected chi connectivity index (χ2v) is 5.05. The third kappa shape index (κ3) is 2.15. The molecule has 1 aliphatic rings. The van der Waals surface area contributed by atoms with E-state index in [9.17, 15) is 15.3 Å². The summed E-state index contributed by atoms with van der Waals surface area (Å²) in [5.41, 5.74) is 6.58. The Labute approximate surface area is 125 Å². The van der Waals surface area contributed by atoms with E-state index in [-0.39, 0.29) is 5.82 Å². The minimum absolute atomic E-state index is 0.209. The normalized spacial score (nSPS) is 28.3. The summed E-state index contributed by atoms with van der Waals surface area (Å²) in [6.45, 7) is 3.26. The summed E-state index contributed by atoms with van der Waals surface area (Å²) in [4.78, 5) is 12.4. The maximum atomic E-state index is 10.2. The van der Waals surface area contributed by atoms with Gasteiger partial charge in [0.25, 0.3) is 0 Å². The van der Waals surface area contributed by atoms with Gasteiger partial charge in [-0.1, -0.05) is 6.08 Å². The molecule has 0 spiro atoms. The van der Waals surface area contributed by atoms with E-state index < -0.39 is 31.1 Å². The Morgan fingerprint density at radius 3 is 2.77 bits per heavy atom. The number of rotatable bonds is 4. The fourth-order valence-electron chi connectivity index (χ4n) is 2.61. The highest BCUT2D eigenvalue weighted by atomic mass is 16.6. The number of hydrogen-bond acceptors (Lipinski definition) is 8. The zero-order valence-electron chi connectivity index (χ0n) is 11.7. The number of aliphatic hydroxyl groups excluding tert-OH is 3. The highest BCUT2D eigenvalue weighted by Gasteiger charge is 2.44. The first-order valence-electron chi connectivity index (χ1n) is 6.79. The molecule has 0 radical (unpaired) electrons. The van der Waals surface area contributed by atoms with Crippen molar-refractivity contribution in [1.29, 1.82) is 0 Å². The molecule has 0 amide bonds. The molecule has 9 nitrogen and oxygen atoms in total. The van der Waals surface area contributed by atoms with Crippen LogP contribution in [0.3, 0.4) is 0 Å². The van der Waals surface area contributed by atoms with Crippen molar-refractivity contribution in [1.82, 2.24) is 19.5 Å². The van der Waals surface area contributed by atoms with Gasteiger partial charge in [-0.05, 0) is 0 Å². The number of fused-ring (bicyclic) bond motifs is 1. The van der Waals surface area contributed by atoms with Crippen molar-refractivity contribution in [2.75, 3.05) is 12.3 Å². The number of nitrogens with two attached hydrogens (primary N) is 1. The SMILES string of the molecule is C=CCc1nc2c(N)ncnc2n1C1OC(CO)C(O)C1O. The molecule has 1 fully saturated rings. The molecule has 4 atom stereocenters. The Hall–Kier alpha value is -2.07. The molecule has 2 aromatic rings. The molecule has 0 aromatic carbocycles. The number of hydrogen-bond donors (Lipinski definition) is 4. The fourth-order valence-corrected chi connectivity index (χ4v) is 2.61. The molecule has 118 valence electrons. The van der Waals surface area contributed by atoms with E-state index in [0.717, 1.165) is 0 Å². The largest absolute Gasteiger partial charge is 0.394 e. The molecule has 1 saturated heterocycles. The number of allylic oxidation sites excluding steroid dienone is 1. The Bertz CT molecular complexity index is 703. The third-order valence-corrected chi connectivity index (χ3v) is 3.68. The molecule has 22 heavy (non-hydrogen) atoms. The molecule has 1 aliphatic heterocycles. The summed E-state index contributed by atoms with van der Waals surface area (Å²) in [7, 11) is 0. The van der Waals surface area contributed by atoms with Crippen LogP contribution < -0.4 is 5.73 Å². The van der Waals surface area contributed by atoms with Crippen LogP contribution >= 0.6 is 0 Å². The van der Waals surface area contributed by atoms with Crippen LogP contribution in [0.1, 0.15) is 12.1 Å². The smallest absolute Gasteiger partial charge is 0.167 e. The highest BCUT2D eigenvalue weighted by molar-refractivity contribution is 5.82. The summed E-state index contributed by atoms with van der Waals surface area (Å²) in [5.74, 6) is 0.729. The van der Waals surface area contributed by atoms with E-state index in [2.05, 4.69) is 21.5 Å². The summed E-state index contributed by atoms with van der Waals surface area (Å²) in [6, 6.07) is 0. The van der Waals surface area contributed by atoms with Crippen LogP contribution in [0.15, 0.2) is 19.0 Å². The summed E-state index contributed by atoms with van der Waals surface area (Å²) in [6.07, 6.45) is -0.924. The van der Waals surface area contributed by atoms with Crippen molar-refractivity contribution in [3.8, 4) is 0 Å². The van der Waals surface area contributed by atoms with Crippen LogP contribution in [-0.4, -0.2) is 59.8 Å². The first kappa shape index (κ1) is 14.9. The van der Waals surface area contributed by atoms with Gasteiger partial charge in [0, 0.05) is 6.42 Å². The van der Waals surface area contributed by atoms with Crippen LogP contribution in [0.2, 0.25) is 0 Å². The molecule has 0 aliphatic carbocycles. The van der Waals surface area contributed by atoms with Crippen molar-refractivity contribution in [3.63, 3.8) is 0 Å². The lowest BCUT2D eigenvalue weighted by atomic mass is 10.1. The predicted octanol–water partition coefficient (Wildman–Crippen LogP) is -1.25. The van der Waals surface area contributed by atoms with Gasteiger partial charge in [-0.15, -0.1) is 6.58 Å². The van der Waals surface area contributed by atoms with Crippen molar-refractivity contribution in [2.24, 2.45) is 0 Å². The van der Waals surface area contributed by atoms with E-state index in [0.29, 0.717) is 23.4 Å². The maximum Gasteiger partial charge on any atom is 0.167 e. The van der Waals surface area contributed by atoms with E-state index >= 15 is 0 Å². The van der Waals surface area contributed by atoms with Crippen LogP contribution in [0.5, 0.6) is 0 Å². The number of nitrogen functional groups attached to an aromatic ring is 1. The molecule has 9 heteroatoms. The van der Waals surface area contributed by atoms with Crippen LogP contribution in [0.25, 0.3) is 11.2 Å². The highest BCUT2D eigenvalue weighted by Crippen LogP contribution is 2.33. The molecule has 4 unspecified atom stereocenters. The Morgan fingerprint density at radius 1 is 1.36 bits per heavy atom. The van der Waals surface area contributed by atoms with Gasteiger partial charge in [0.05, 0.1) is 6.61 Å². The van der Waals surface area contributed by atoms with Gasteiger partial charge in [0.1, 0.15) is 30.5 Å². The second kappa shape index (κ2) is 5.61. The van der Waals surface area contributed by atoms with Gasteiger partial charge in [-0.2, -0.15) is 0 Å². The molecule has 3 rings (SSSR count). The quantitative estimate of drug-likeness (QED) is 0.514. The van der Waals surface area contributed by atoms with Gasteiger partial charge in [0.2, 0.25) is 0 Å². The Kier molecular flexibility index (Phi) is 3.79.